The van der Waals surface area contributed by atoms with Gasteiger partial charge >= 0.3 is 0 Å². The lowest BCUT2D eigenvalue weighted by molar-refractivity contribution is 0.0871. The average Bonchev–Trinajstić information content (AvgIpc) is 2.65. The number of rotatable bonds is 7. The van der Waals surface area contributed by atoms with E-state index >= 15 is 0 Å². The van der Waals surface area contributed by atoms with Gasteiger partial charge in [0.25, 0.3) is 0 Å². The number of Topliss-reactive ketones (excluding diaryl/α,β-unsaturated/α-hetero) is 1. The number of carbonyl (C=O) groups excluding carboxylic acids is 1. The monoisotopic (exact) mass is 256 g/mol. The van der Waals surface area contributed by atoms with Gasteiger partial charge in [-0.05, 0) is 19.9 Å². The summed E-state index contributed by atoms with van der Waals surface area (Å²) in [5, 5.41) is 4.12. The fourth-order valence-corrected chi connectivity index (χ4v) is 2.35. The number of nitrogen functional groups attached to an aromatic ring is 1. The van der Waals surface area contributed by atoms with E-state index in [0.717, 1.165) is 11.5 Å². The number of nitrogens with one attached hydrogen (secondary N) is 1. The quantitative estimate of drug-likeness (QED) is 0.581. The van der Waals surface area contributed by atoms with E-state index in [4.69, 9.17) is 10.5 Å². The molecule has 0 aliphatic heterocycles. The Bertz CT molecular complexity index is 375. The van der Waals surface area contributed by atoms with Crippen LogP contribution in [0.4, 0.5) is 10.7 Å². The molecular weight excluding hydrogens is 236 g/mol. The molecule has 0 aliphatic carbocycles. The fraction of sp³-hybridized carbons (Fsp3) is 0.583. The van der Waals surface area contributed by atoms with Gasteiger partial charge in [-0.15, -0.1) is 11.3 Å². The van der Waals surface area contributed by atoms with Crippen molar-refractivity contribution < 1.29 is 9.53 Å². The molecule has 17 heavy (non-hydrogen) atoms. The molecule has 5 heteroatoms. The second kappa shape index (κ2) is 6.61. The van der Waals surface area contributed by atoms with Crippen LogP contribution in [0, 0.1) is 0 Å². The third-order valence-corrected chi connectivity index (χ3v) is 3.34. The standard InChI is InChI=1S/C12H20N2O2S/c1-4-10(15)12-9(13)7-11(17-12)14-5-6-16-8(2)3/h7-8,14H,4-6,13H2,1-3H3. The first kappa shape index (κ1) is 14.0. The minimum atomic E-state index is 0.0963. The summed E-state index contributed by atoms with van der Waals surface area (Å²) in [7, 11) is 0. The SMILES string of the molecule is CCC(=O)c1sc(NCCOC(C)C)cc1N. The average molecular weight is 256 g/mol. The first-order chi connectivity index (χ1) is 8.04. The Kier molecular flexibility index (Phi) is 5.44. The lowest BCUT2D eigenvalue weighted by Crippen LogP contribution is -2.12. The number of nitrogens with two attached hydrogens (primary N) is 1. The molecule has 0 fully saturated rings. The molecular formula is C12H20N2O2S. The van der Waals surface area contributed by atoms with Crippen LogP contribution in [0.1, 0.15) is 36.9 Å². The summed E-state index contributed by atoms with van der Waals surface area (Å²) in [4.78, 5) is 12.2. The molecule has 0 aromatic carbocycles. The topological polar surface area (TPSA) is 64.3 Å². The molecule has 0 radical (unpaired) electrons. The highest BCUT2D eigenvalue weighted by molar-refractivity contribution is 7.18. The van der Waals surface area contributed by atoms with Crippen LogP contribution in [-0.4, -0.2) is 25.0 Å². The Balaban J connectivity index is 2.47. The van der Waals surface area contributed by atoms with Gasteiger partial charge in [0.1, 0.15) is 0 Å². The van der Waals surface area contributed by atoms with Crippen LogP contribution >= 0.6 is 11.3 Å². The largest absolute Gasteiger partial charge is 0.397 e. The molecule has 3 N–H and O–H groups in total. The number of carbonyl (C=O) groups is 1. The summed E-state index contributed by atoms with van der Waals surface area (Å²) >= 11 is 1.41. The van der Waals surface area contributed by atoms with E-state index in [1.807, 2.05) is 26.8 Å². The lowest BCUT2D eigenvalue weighted by atomic mass is 10.2. The minimum absolute atomic E-state index is 0.0963. The Morgan fingerprint density at radius 3 is 2.88 bits per heavy atom. The van der Waals surface area contributed by atoms with Crippen LogP contribution in [0.25, 0.3) is 0 Å². The van der Waals surface area contributed by atoms with Crippen LogP contribution in [0.2, 0.25) is 0 Å². The van der Waals surface area contributed by atoms with Gasteiger partial charge in [0.05, 0.1) is 28.3 Å². The molecule has 0 spiro atoms. The van der Waals surface area contributed by atoms with Gasteiger partial charge in [-0.1, -0.05) is 6.92 Å². The number of thiophene rings is 1. The highest BCUT2D eigenvalue weighted by atomic mass is 32.1. The maximum atomic E-state index is 11.5. The molecule has 1 aromatic heterocycles. The van der Waals surface area contributed by atoms with Crippen LogP contribution in [0.3, 0.4) is 0 Å². The molecule has 0 atom stereocenters. The van der Waals surface area contributed by atoms with Crippen molar-refractivity contribution in [1.82, 2.24) is 0 Å². The van der Waals surface area contributed by atoms with E-state index in [9.17, 15) is 4.79 Å². The fourth-order valence-electron chi connectivity index (χ4n) is 1.34. The zero-order chi connectivity index (χ0) is 12.8. The molecule has 4 nitrogen and oxygen atoms in total. The van der Waals surface area contributed by atoms with Crippen molar-refractivity contribution in [3.8, 4) is 0 Å². The number of ketones is 1. The minimum Gasteiger partial charge on any atom is -0.397 e. The van der Waals surface area contributed by atoms with Gasteiger partial charge in [0, 0.05) is 13.0 Å². The Morgan fingerprint density at radius 1 is 1.59 bits per heavy atom. The zero-order valence-corrected chi connectivity index (χ0v) is 11.4. The number of hydrogen-bond donors (Lipinski definition) is 2. The molecule has 1 rings (SSSR count). The molecule has 0 aliphatic rings. The van der Waals surface area contributed by atoms with Gasteiger partial charge in [0.15, 0.2) is 5.78 Å². The van der Waals surface area contributed by atoms with Crippen molar-refractivity contribution in [3.05, 3.63) is 10.9 Å². The summed E-state index contributed by atoms with van der Waals surface area (Å²) in [6.45, 7) is 7.21. The normalized spacial score (nSPS) is 10.8. The van der Waals surface area contributed by atoms with Crippen LogP contribution < -0.4 is 11.1 Å². The third kappa shape index (κ3) is 4.36. The van der Waals surface area contributed by atoms with E-state index < -0.39 is 0 Å². The second-order valence-corrected chi connectivity index (χ2v) is 5.07. The summed E-state index contributed by atoms with van der Waals surface area (Å²) < 4.78 is 5.41. The molecule has 1 aromatic rings. The highest BCUT2D eigenvalue weighted by Gasteiger charge is 2.12. The molecule has 0 saturated carbocycles. The molecule has 96 valence electrons. The van der Waals surface area contributed by atoms with E-state index in [0.29, 0.717) is 23.6 Å². The van der Waals surface area contributed by atoms with Crippen LogP contribution in [0.15, 0.2) is 6.07 Å². The van der Waals surface area contributed by atoms with Gasteiger partial charge < -0.3 is 15.8 Å². The third-order valence-electron chi connectivity index (χ3n) is 2.19. The predicted molar refractivity (Wildman–Crippen MR) is 72.9 cm³/mol. The lowest BCUT2D eigenvalue weighted by Gasteiger charge is -2.07. The predicted octanol–water partition coefficient (Wildman–Crippen LogP) is 2.76. The Hall–Kier alpha value is -1.07. The van der Waals surface area contributed by atoms with Crippen LogP contribution in [-0.2, 0) is 4.74 Å². The Labute approximate surface area is 106 Å². The van der Waals surface area contributed by atoms with Gasteiger partial charge in [-0.3, -0.25) is 4.79 Å². The smallest absolute Gasteiger partial charge is 0.174 e. The number of hydrogen-bond acceptors (Lipinski definition) is 5. The van der Waals surface area contributed by atoms with Crippen LogP contribution in [0.5, 0.6) is 0 Å². The van der Waals surface area contributed by atoms with Gasteiger partial charge in [-0.2, -0.15) is 0 Å². The molecule has 0 bridgehead atoms. The maximum Gasteiger partial charge on any atom is 0.174 e. The van der Waals surface area contributed by atoms with Crippen molar-refractivity contribution in [3.63, 3.8) is 0 Å². The van der Waals surface area contributed by atoms with Crippen molar-refractivity contribution >= 4 is 27.8 Å². The first-order valence-electron chi connectivity index (χ1n) is 5.82. The van der Waals surface area contributed by atoms with E-state index in [2.05, 4.69) is 5.32 Å². The first-order valence-corrected chi connectivity index (χ1v) is 6.64. The molecule has 1 heterocycles. The zero-order valence-electron chi connectivity index (χ0n) is 10.6. The summed E-state index contributed by atoms with van der Waals surface area (Å²) in [6.07, 6.45) is 0.725. The second-order valence-electron chi connectivity index (χ2n) is 4.02. The molecule has 0 saturated heterocycles. The summed E-state index contributed by atoms with van der Waals surface area (Å²) in [5.41, 5.74) is 6.35. The van der Waals surface area contributed by atoms with E-state index in [1.165, 1.54) is 11.3 Å². The highest BCUT2D eigenvalue weighted by Crippen LogP contribution is 2.29. The Morgan fingerprint density at radius 2 is 2.29 bits per heavy atom. The van der Waals surface area contributed by atoms with Crippen molar-refractivity contribution in [2.45, 2.75) is 33.3 Å². The van der Waals surface area contributed by atoms with Gasteiger partial charge in [-0.25, -0.2) is 0 Å². The maximum absolute atomic E-state index is 11.5. The van der Waals surface area contributed by atoms with E-state index in [1.54, 1.807) is 0 Å². The van der Waals surface area contributed by atoms with E-state index in [-0.39, 0.29) is 11.9 Å². The van der Waals surface area contributed by atoms with Crippen molar-refractivity contribution in [2.75, 3.05) is 24.2 Å². The summed E-state index contributed by atoms with van der Waals surface area (Å²) in [5.74, 6) is 0.0963. The number of anilines is 2. The summed E-state index contributed by atoms with van der Waals surface area (Å²) in [6, 6.07) is 1.81. The molecule has 0 amide bonds. The van der Waals surface area contributed by atoms with Crippen molar-refractivity contribution in [1.29, 1.82) is 0 Å². The van der Waals surface area contributed by atoms with Gasteiger partial charge in [0.2, 0.25) is 0 Å². The number of ether oxygens (including phenoxy) is 1. The van der Waals surface area contributed by atoms with Crippen molar-refractivity contribution in [2.24, 2.45) is 0 Å². The molecule has 0 unspecified atom stereocenters.